The molecular formula is C15H21ClN2O2S2. The maximum atomic E-state index is 11.7. The molecule has 0 aromatic heterocycles. The highest BCUT2D eigenvalue weighted by Gasteiger charge is 2.33. The van der Waals surface area contributed by atoms with Gasteiger partial charge in [0.15, 0.2) is 14.9 Å². The largest absolute Gasteiger partial charge is 0.345 e. The van der Waals surface area contributed by atoms with Crippen LogP contribution in [-0.4, -0.2) is 42.5 Å². The second kappa shape index (κ2) is 7.62. The summed E-state index contributed by atoms with van der Waals surface area (Å²) in [4.78, 5) is 2.03. The summed E-state index contributed by atoms with van der Waals surface area (Å²) >= 11 is 11.4. The van der Waals surface area contributed by atoms with Crippen molar-refractivity contribution in [2.45, 2.75) is 32.2 Å². The Balaban J connectivity index is 2.07. The maximum Gasteiger partial charge on any atom is 0.173 e. The molecule has 0 radical (unpaired) electrons. The molecule has 1 atom stereocenters. The van der Waals surface area contributed by atoms with Gasteiger partial charge in [-0.2, -0.15) is 0 Å². The number of benzene rings is 1. The summed E-state index contributed by atoms with van der Waals surface area (Å²) in [6.45, 7) is 2.88. The minimum atomic E-state index is -2.92. The highest BCUT2D eigenvalue weighted by molar-refractivity contribution is 7.91. The second-order valence-electron chi connectivity index (χ2n) is 5.54. The van der Waals surface area contributed by atoms with Gasteiger partial charge in [0.1, 0.15) is 0 Å². The first-order valence-corrected chi connectivity index (χ1v) is 10.1. The average molecular weight is 361 g/mol. The predicted octanol–water partition coefficient (Wildman–Crippen LogP) is 3.33. The predicted molar refractivity (Wildman–Crippen MR) is 96.3 cm³/mol. The number of hydrogen-bond acceptors (Lipinski definition) is 3. The molecule has 1 N–H and O–H groups in total. The van der Waals surface area contributed by atoms with Crippen LogP contribution in [0.4, 0.5) is 5.69 Å². The second-order valence-corrected chi connectivity index (χ2v) is 8.59. The van der Waals surface area contributed by atoms with Gasteiger partial charge in [-0.1, -0.05) is 24.9 Å². The van der Waals surface area contributed by atoms with E-state index in [1.807, 2.05) is 17.0 Å². The number of hydrogen-bond donors (Lipinski definition) is 1. The fourth-order valence-corrected chi connectivity index (χ4v) is 4.74. The molecule has 1 aliphatic rings. The molecule has 0 saturated carbocycles. The van der Waals surface area contributed by atoms with E-state index in [-0.39, 0.29) is 17.5 Å². The third kappa shape index (κ3) is 4.83. The molecule has 122 valence electrons. The number of anilines is 1. The lowest BCUT2D eigenvalue weighted by Gasteiger charge is -2.31. The molecule has 1 heterocycles. The van der Waals surface area contributed by atoms with Crippen LogP contribution in [0.2, 0.25) is 5.02 Å². The van der Waals surface area contributed by atoms with Crippen LogP contribution in [0.5, 0.6) is 0 Å². The monoisotopic (exact) mass is 360 g/mol. The molecule has 7 heteroatoms. The standard InChI is InChI=1S/C15H21ClN2O2S2/c1-2-3-9-18(14-8-10-22(19,20)11-14)15(21)17-13-6-4-12(16)5-7-13/h4-7,14H,2-3,8-11H2,1H3,(H,17,21)/t14-/m1/s1. The van der Waals surface area contributed by atoms with E-state index in [2.05, 4.69) is 12.2 Å². The summed E-state index contributed by atoms with van der Waals surface area (Å²) in [6.07, 6.45) is 2.67. The lowest BCUT2D eigenvalue weighted by atomic mass is 10.2. The molecule has 4 nitrogen and oxygen atoms in total. The number of nitrogens with one attached hydrogen (secondary N) is 1. The average Bonchev–Trinajstić information content (AvgIpc) is 2.82. The Morgan fingerprint density at radius 2 is 2.09 bits per heavy atom. The fourth-order valence-electron chi connectivity index (χ4n) is 2.53. The highest BCUT2D eigenvalue weighted by atomic mass is 35.5. The van der Waals surface area contributed by atoms with Crippen LogP contribution in [0.15, 0.2) is 24.3 Å². The van der Waals surface area contributed by atoms with Gasteiger partial charge in [0.25, 0.3) is 0 Å². The van der Waals surface area contributed by atoms with Gasteiger partial charge in [-0.15, -0.1) is 0 Å². The minimum Gasteiger partial charge on any atom is -0.345 e. The lowest BCUT2D eigenvalue weighted by molar-refractivity contribution is 0.333. The molecule has 0 unspecified atom stereocenters. The van der Waals surface area contributed by atoms with Crippen LogP contribution in [0, 0.1) is 0 Å². The molecule has 1 aromatic rings. The topological polar surface area (TPSA) is 49.4 Å². The molecule has 0 amide bonds. The van der Waals surface area contributed by atoms with E-state index < -0.39 is 9.84 Å². The van der Waals surface area contributed by atoms with Crippen molar-refractivity contribution in [1.82, 2.24) is 4.90 Å². The zero-order valence-electron chi connectivity index (χ0n) is 12.6. The Kier molecular flexibility index (Phi) is 6.06. The van der Waals surface area contributed by atoms with Crippen molar-refractivity contribution in [2.24, 2.45) is 0 Å². The van der Waals surface area contributed by atoms with Crippen LogP contribution < -0.4 is 5.32 Å². The van der Waals surface area contributed by atoms with Crippen LogP contribution in [0.3, 0.4) is 0 Å². The summed E-state index contributed by atoms with van der Waals surface area (Å²) in [7, 11) is -2.92. The number of sulfone groups is 1. The molecule has 22 heavy (non-hydrogen) atoms. The first-order valence-electron chi connectivity index (χ1n) is 7.45. The van der Waals surface area contributed by atoms with Gasteiger partial charge < -0.3 is 10.2 Å². The van der Waals surface area contributed by atoms with E-state index in [9.17, 15) is 8.42 Å². The van der Waals surface area contributed by atoms with E-state index in [1.54, 1.807) is 12.1 Å². The van der Waals surface area contributed by atoms with Crippen LogP contribution in [0.1, 0.15) is 26.2 Å². The van der Waals surface area contributed by atoms with Gasteiger partial charge in [-0.3, -0.25) is 0 Å². The van der Waals surface area contributed by atoms with E-state index in [4.69, 9.17) is 23.8 Å². The van der Waals surface area contributed by atoms with Gasteiger partial charge in [-0.05, 0) is 49.3 Å². The number of thiocarbonyl (C=S) groups is 1. The Labute approximate surface area is 142 Å². The molecule has 0 spiro atoms. The zero-order valence-corrected chi connectivity index (χ0v) is 15.0. The van der Waals surface area contributed by atoms with Crippen LogP contribution in [0.25, 0.3) is 0 Å². The van der Waals surface area contributed by atoms with Crippen molar-refractivity contribution in [3.8, 4) is 0 Å². The summed E-state index contributed by atoms with van der Waals surface area (Å²) < 4.78 is 23.5. The number of nitrogens with zero attached hydrogens (tertiary/aromatic N) is 1. The third-order valence-electron chi connectivity index (χ3n) is 3.76. The van der Waals surface area contributed by atoms with Gasteiger partial charge in [0.2, 0.25) is 0 Å². The van der Waals surface area contributed by atoms with Crippen molar-refractivity contribution in [1.29, 1.82) is 0 Å². The quantitative estimate of drug-likeness (QED) is 0.816. The number of unbranched alkanes of at least 4 members (excludes halogenated alkanes) is 1. The molecular weight excluding hydrogens is 340 g/mol. The SMILES string of the molecule is CCCCN(C(=S)Nc1ccc(Cl)cc1)[C@@H]1CCS(=O)(=O)C1. The minimum absolute atomic E-state index is 0.0242. The van der Waals surface area contributed by atoms with Crippen molar-refractivity contribution in [2.75, 3.05) is 23.4 Å². The van der Waals surface area contributed by atoms with Crippen molar-refractivity contribution in [3.63, 3.8) is 0 Å². The van der Waals surface area contributed by atoms with Gasteiger partial charge in [0.05, 0.1) is 11.5 Å². The highest BCUT2D eigenvalue weighted by Crippen LogP contribution is 2.20. The van der Waals surface area contributed by atoms with Gasteiger partial charge in [-0.25, -0.2) is 8.42 Å². The van der Waals surface area contributed by atoms with Crippen LogP contribution >= 0.6 is 23.8 Å². The van der Waals surface area contributed by atoms with E-state index in [0.29, 0.717) is 16.6 Å². The van der Waals surface area contributed by atoms with Crippen LogP contribution in [-0.2, 0) is 9.84 Å². The normalized spacial score (nSPS) is 19.8. The summed E-state index contributed by atoms with van der Waals surface area (Å²) in [5.74, 6) is 0.447. The zero-order chi connectivity index (χ0) is 16.2. The molecule has 1 saturated heterocycles. The molecule has 1 aliphatic heterocycles. The van der Waals surface area contributed by atoms with Gasteiger partial charge >= 0.3 is 0 Å². The third-order valence-corrected chi connectivity index (χ3v) is 6.10. The smallest absolute Gasteiger partial charge is 0.173 e. The summed E-state index contributed by atoms with van der Waals surface area (Å²) in [6, 6.07) is 7.28. The van der Waals surface area contributed by atoms with E-state index in [1.165, 1.54) is 0 Å². The van der Waals surface area contributed by atoms with E-state index >= 15 is 0 Å². The first kappa shape index (κ1) is 17.5. The van der Waals surface area contributed by atoms with Crippen molar-refractivity contribution in [3.05, 3.63) is 29.3 Å². The lowest BCUT2D eigenvalue weighted by Crippen LogP contribution is -2.44. The van der Waals surface area contributed by atoms with E-state index in [0.717, 1.165) is 25.1 Å². The van der Waals surface area contributed by atoms with Crippen molar-refractivity contribution >= 4 is 44.5 Å². The fraction of sp³-hybridized carbons (Fsp3) is 0.533. The number of halogens is 1. The Bertz CT molecular complexity index is 617. The number of rotatable bonds is 5. The van der Waals surface area contributed by atoms with Crippen molar-refractivity contribution < 1.29 is 8.42 Å². The maximum absolute atomic E-state index is 11.7. The first-order chi connectivity index (χ1) is 10.4. The molecule has 2 rings (SSSR count). The Morgan fingerprint density at radius 1 is 1.41 bits per heavy atom. The molecule has 1 aromatic carbocycles. The molecule has 1 fully saturated rings. The Morgan fingerprint density at radius 3 is 2.64 bits per heavy atom. The summed E-state index contributed by atoms with van der Waals surface area (Å²) in [5, 5.41) is 4.44. The molecule has 0 aliphatic carbocycles. The van der Waals surface area contributed by atoms with Gasteiger partial charge in [0, 0.05) is 23.3 Å². The Hall–Kier alpha value is -0.850. The molecule has 0 bridgehead atoms. The summed E-state index contributed by atoms with van der Waals surface area (Å²) in [5.41, 5.74) is 0.858.